The van der Waals surface area contributed by atoms with Crippen LogP contribution in [0.2, 0.25) is 0 Å². The van der Waals surface area contributed by atoms with Gasteiger partial charge in [0, 0.05) is 48.9 Å². The van der Waals surface area contributed by atoms with Crippen molar-refractivity contribution in [3.8, 4) is 0 Å². The van der Waals surface area contributed by atoms with Crippen LogP contribution in [0.4, 0.5) is 5.82 Å². The average Bonchev–Trinajstić information content (AvgIpc) is 3.20. The molecule has 0 atom stereocenters. The van der Waals surface area contributed by atoms with Crippen molar-refractivity contribution in [3.63, 3.8) is 0 Å². The first-order valence-corrected chi connectivity index (χ1v) is 12.0. The summed E-state index contributed by atoms with van der Waals surface area (Å²) in [7, 11) is 6.18. The number of pyridine rings is 1. The Hall–Kier alpha value is -2.06. The van der Waals surface area contributed by atoms with Gasteiger partial charge in [0.05, 0.1) is 0 Å². The summed E-state index contributed by atoms with van der Waals surface area (Å²) in [6.07, 6.45) is 10.3. The molecule has 5 heterocycles. The van der Waals surface area contributed by atoms with E-state index in [0.29, 0.717) is 17.9 Å². The first kappa shape index (κ1) is 19.9. The van der Waals surface area contributed by atoms with Crippen molar-refractivity contribution in [2.75, 3.05) is 29.9 Å². The lowest BCUT2D eigenvalue weighted by molar-refractivity contribution is 0.143. The van der Waals surface area contributed by atoms with Crippen molar-refractivity contribution in [1.82, 2.24) is 24.5 Å². The van der Waals surface area contributed by atoms with Crippen molar-refractivity contribution in [2.24, 2.45) is 0 Å². The largest absolute Gasteiger partial charge is 0.366 e. The average molecular weight is 418 g/mol. The molecule has 0 saturated carbocycles. The van der Waals surface area contributed by atoms with E-state index >= 15 is 0 Å². The van der Waals surface area contributed by atoms with Gasteiger partial charge in [-0.25, -0.2) is 4.98 Å². The van der Waals surface area contributed by atoms with E-state index in [1.54, 1.807) is 12.4 Å². The molecule has 2 aliphatic rings. The summed E-state index contributed by atoms with van der Waals surface area (Å²) in [6.45, 7) is 3.02. The predicted molar refractivity (Wildman–Crippen MR) is 124 cm³/mol. The SMILES string of the molecule is [B]c1cnn2c(NCc3cccnc3)cc(C3CCN(C4CCSCC4)CC3)nc12. The van der Waals surface area contributed by atoms with Crippen molar-refractivity contribution < 1.29 is 0 Å². The van der Waals surface area contributed by atoms with Crippen LogP contribution in [0.1, 0.15) is 42.9 Å². The number of likely N-dealkylation sites (tertiary alicyclic amines) is 1. The second-order valence-electron chi connectivity index (χ2n) is 8.27. The van der Waals surface area contributed by atoms with Crippen LogP contribution in [0.5, 0.6) is 0 Å². The first-order valence-electron chi connectivity index (χ1n) is 10.9. The molecular weight excluding hydrogens is 391 g/mol. The molecule has 1 N–H and O–H groups in total. The highest BCUT2D eigenvalue weighted by molar-refractivity contribution is 7.99. The lowest BCUT2D eigenvalue weighted by atomic mass is 9.91. The van der Waals surface area contributed by atoms with E-state index in [9.17, 15) is 0 Å². The highest BCUT2D eigenvalue weighted by atomic mass is 32.2. The third kappa shape index (κ3) is 4.21. The number of fused-ring (bicyclic) bond motifs is 1. The number of hydrogen-bond donors (Lipinski definition) is 1. The summed E-state index contributed by atoms with van der Waals surface area (Å²) in [5.41, 5.74) is 3.62. The second kappa shape index (κ2) is 8.98. The fourth-order valence-corrected chi connectivity index (χ4v) is 5.72. The molecule has 2 fully saturated rings. The van der Waals surface area contributed by atoms with E-state index in [0.717, 1.165) is 41.6 Å². The van der Waals surface area contributed by atoms with Crippen LogP contribution in [-0.2, 0) is 6.54 Å². The Balaban J connectivity index is 1.33. The van der Waals surface area contributed by atoms with E-state index in [2.05, 4.69) is 44.2 Å². The monoisotopic (exact) mass is 418 g/mol. The van der Waals surface area contributed by atoms with E-state index in [-0.39, 0.29) is 0 Å². The Morgan fingerprint density at radius 1 is 1.13 bits per heavy atom. The maximum atomic E-state index is 6.18. The minimum atomic E-state index is 0.470. The Morgan fingerprint density at radius 2 is 1.97 bits per heavy atom. The van der Waals surface area contributed by atoms with Gasteiger partial charge in [0.1, 0.15) is 19.3 Å². The lowest BCUT2D eigenvalue weighted by Crippen LogP contribution is -2.42. The minimum Gasteiger partial charge on any atom is -0.366 e. The smallest absolute Gasteiger partial charge is 0.150 e. The molecule has 0 amide bonds. The van der Waals surface area contributed by atoms with Gasteiger partial charge in [-0.2, -0.15) is 21.4 Å². The molecule has 0 aromatic carbocycles. The molecule has 154 valence electrons. The quantitative estimate of drug-likeness (QED) is 0.643. The number of nitrogens with one attached hydrogen (secondary N) is 1. The van der Waals surface area contributed by atoms with Crippen molar-refractivity contribution in [2.45, 2.75) is 44.2 Å². The van der Waals surface area contributed by atoms with Crippen LogP contribution in [-0.4, -0.2) is 63.0 Å². The zero-order chi connectivity index (χ0) is 20.3. The molecule has 3 aromatic heterocycles. The van der Waals surface area contributed by atoms with Gasteiger partial charge in [-0.3, -0.25) is 4.98 Å². The summed E-state index contributed by atoms with van der Waals surface area (Å²) in [5, 5.41) is 7.94. The molecule has 0 bridgehead atoms. The van der Waals surface area contributed by atoms with E-state index in [1.165, 1.54) is 37.4 Å². The summed E-state index contributed by atoms with van der Waals surface area (Å²) in [4.78, 5) is 11.8. The second-order valence-corrected chi connectivity index (χ2v) is 9.49. The lowest BCUT2D eigenvalue weighted by Gasteiger charge is -2.39. The normalized spacial score (nSPS) is 19.3. The van der Waals surface area contributed by atoms with Crippen LogP contribution < -0.4 is 10.8 Å². The fourth-order valence-electron chi connectivity index (χ4n) is 4.64. The molecular formula is C22H27BN6S. The first-order chi connectivity index (χ1) is 14.8. The van der Waals surface area contributed by atoms with Crippen LogP contribution in [0.25, 0.3) is 5.65 Å². The molecule has 5 rings (SSSR count). The highest BCUT2D eigenvalue weighted by Gasteiger charge is 2.28. The number of rotatable bonds is 5. The number of hydrogen-bond acceptors (Lipinski definition) is 6. The number of nitrogens with zero attached hydrogens (tertiary/aromatic N) is 5. The molecule has 2 radical (unpaired) electrons. The molecule has 0 unspecified atom stereocenters. The van der Waals surface area contributed by atoms with Crippen molar-refractivity contribution >= 4 is 36.5 Å². The third-order valence-electron chi connectivity index (χ3n) is 6.37. The van der Waals surface area contributed by atoms with Crippen LogP contribution >= 0.6 is 11.8 Å². The van der Waals surface area contributed by atoms with Gasteiger partial charge < -0.3 is 10.2 Å². The van der Waals surface area contributed by atoms with Gasteiger partial charge in [0.2, 0.25) is 0 Å². The predicted octanol–water partition coefficient (Wildman–Crippen LogP) is 2.61. The van der Waals surface area contributed by atoms with Gasteiger partial charge in [-0.05, 0) is 67.4 Å². The van der Waals surface area contributed by atoms with Crippen molar-refractivity contribution in [1.29, 1.82) is 0 Å². The Kier molecular flexibility index (Phi) is 5.95. The van der Waals surface area contributed by atoms with E-state index in [4.69, 9.17) is 12.8 Å². The zero-order valence-electron chi connectivity index (χ0n) is 17.2. The van der Waals surface area contributed by atoms with Gasteiger partial charge in [-0.1, -0.05) is 6.07 Å². The summed E-state index contributed by atoms with van der Waals surface area (Å²) in [5.74, 6) is 4.03. The summed E-state index contributed by atoms with van der Waals surface area (Å²) < 4.78 is 1.81. The summed E-state index contributed by atoms with van der Waals surface area (Å²) >= 11 is 2.10. The zero-order valence-corrected chi connectivity index (χ0v) is 18.0. The van der Waals surface area contributed by atoms with E-state index < -0.39 is 0 Å². The van der Waals surface area contributed by atoms with Crippen LogP contribution in [0.15, 0.2) is 36.8 Å². The standard InChI is InChI=1S/C22H27BN6S/c23-19-15-26-29-21(25-14-16-2-1-7-24-13-16)12-20(27-22(19)29)17-3-8-28(9-4-17)18-5-10-30-11-6-18/h1-2,7,12-13,15,17-18,25H,3-6,8-11,14H2. The topological polar surface area (TPSA) is 58.4 Å². The molecule has 2 aliphatic heterocycles. The molecule has 0 spiro atoms. The van der Waals surface area contributed by atoms with Gasteiger partial charge in [-0.15, -0.1) is 0 Å². The number of piperidine rings is 1. The molecule has 3 aromatic rings. The number of aromatic nitrogens is 4. The number of thioether (sulfide) groups is 1. The third-order valence-corrected chi connectivity index (χ3v) is 7.42. The molecule has 2 saturated heterocycles. The molecule has 8 heteroatoms. The minimum absolute atomic E-state index is 0.470. The Morgan fingerprint density at radius 3 is 2.73 bits per heavy atom. The van der Waals surface area contributed by atoms with E-state index in [1.807, 2.05) is 16.8 Å². The van der Waals surface area contributed by atoms with Crippen molar-refractivity contribution in [3.05, 3.63) is 48.0 Å². The maximum absolute atomic E-state index is 6.18. The highest BCUT2D eigenvalue weighted by Crippen LogP contribution is 2.32. The molecule has 30 heavy (non-hydrogen) atoms. The van der Waals surface area contributed by atoms with Crippen LogP contribution in [0, 0.1) is 0 Å². The fraction of sp³-hybridized carbons (Fsp3) is 0.500. The van der Waals surface area contributed by atoms with Gasteiger partial charge >= 0.3 is 0 Å². The maximum Gasteiger partial charge on any atom is 0.150 e. The molecule has 0 aliphatic carbocycles. The molecule has 6 nitrogen and oxygen atoms in total. The van der Waals surface area contributed by atoms with Gasteiger partial charge in [0.15, 0.2) is 0 Å². The summed E-state index contributed by atoms with van der Waals surface area (Å²) in [6, 6.07) is 6.96. The Labute approximate surface area is 183 Å². The Bertz CT molecular complexity index is 980. The van der Waals surface area contributed by atoms with Crippen LogP contribution in [0.3, 0.4) is 0 Å². The number of anilines is 1. The van der Waals surface area contributed by atoms with Gasteiger partial charge in [0.25, 0.3) is 0 Å².